The second-order valence-corrected chi connectivity index (χ2v) is 4.72. The predicted molar refractivity (Wildman–Crippen MR) is 64.4 cm³/mol. The van der Waals surface area contributed by atoms with E-state index in [9.17, 15) is 4.79 Å². The highest BCUT2D eigenvalue weighted by Crippen LogP contribution is 2.23. The van der Waals surface area contributed by atoms with Crippen molar-refractivity contribution < 1.29 is 9.32 Å². The van der Waals surface area contributed by atoms with E-state index < -0.39 is 0 Å². The van der Waals surface area contributed by atoms with Crippen LogP contribution in [0.1, 0.15) is 37.9 Å². The number of hydrogen-bond acceptors (Lipinski definition) is 4. The van der Waals surface area contributed by atoms with E-state index in [1.165, 1.54) is 6.42 Å². The summed E-state index contributed by atoms with van der Waals surface area (Å²) in [5.74, 6) is 1.02. The number of rotatable bonds is 2. The van der Waals surface area contributed by atoms with Crippen molar-refractivity contribution in [1.82, 2.24) is 5.16 Å². The lowest BCUT2D eigenvalue weighted by Crippen LogP contribution is -2.37. The van der Waals surface area contributed by atoms with Crippen LogP contribution in [0.2, 0.25) is 0 Å². The molecule has 1 amide bonds. The molecular formula is C12H19N3O2. The quantitative estimate of drug-likeness (QED) is 0.769. The van der Waals surface area contributed by atoms with E-state index >= 15 is 0 Å². The summed E-state index contributed by atoms with van der Waals surface area (Å²) in [5, 5.41) is 6.52. The maximum Gasteiger partial charge on any atom is 0.230 e. The molecule has 0 aromatic carbocycles. The van der Waals surface area contributed by atoms with Crippen LogP contribution >= 0.6 is 0 Å². The molecule has 1 aliphatic carbocycles. The van der Waals surface area contributed by atoms with Crippen LogP contribution in [-0.2, 0) is 4.79 Å². The first-order valence-electron chi connectivity index (χ1n) is 6.16. The fraction of sp³-hybridized carbons (Fsp3) is 0.667. The lowest BCUT2D eigenvalue weighted by molar-refractivity contribution is -0.120. The van der Waals surface area contributed by atoms with Gasteiger partial charge in [0.25, 0.3) is 0 Å². The van der Waals surface area contributed by atoms with Gasteiger partial charge >= 0.3 is 0 Å². The van der Waals surface area contributed by atoms with Gasteiger partial charge in [0.2, 0.25) is 5.91 Å². The molecule has 5 heteroatoms. The van der Waals surface area contributed by atoms with Crippen molar-refractivity contribution in [2.75, 3.05) is 5.32 Å². The molecule has 1 heterocycles. The topological polar surface area (TPSA) is 81.2 Å². The zero-order chi connectivity index (χ0) is 12.3. The molecule has 2 unspecified atom stereocenters. The highest BCUT2D eigenvalue weighted by atomic mass is 16.5. The Balaban J connectivity index is 1.98. The Bertz CT molecular complexity index is 389. The van der Waals surface area contributed by atoms with Gasteiger partial charge in [-0.3, -0.25) is 4.79 Å². The molecule has 0 saturated heterocycles. The molecule has 1 saturated carbocycles. The zero-order valence-electron chi connectivity index (χ0n) is 10.1. The molecule has 0 spiro atoms. The minimum atomic E-state index is -0.102. The van der Waals surface area contributed by atoms with Gasteiger partial charge in [0.1, 0.15) is 5.76 Å². The standard InChI is InChI=1S/C12H19N3O2/c1-8-7-11(15-17-8)14-12(16)9-5-3-2-4-6-10(9)13/h7,9-10H,2-6,13H2,1H3,(H,14,15,16). The first kappa shape index (κ1) is 12.1. The summed E-state index contributed by atoms with van der Waals surface area (Å²) in [6.45, 7) is 1.79. The molecule has 1 fully saturated rings. The first-order valence-corrected chi connectivity index (χ1v) is 6.16. The molecule has 0 aliphatic heterocycles. The minimum absolute atomic E-state index is 0.0345. The van der Waals surface area contributed by atoms with Gasteiger partial charge in [0.15, 0.2) is 5.82 Å². The molecule has 2 atom stereocenters. The number of carbonyl (C=O) groups is 1. The Labute approximate surface area is 101 Å². The number of anilines is 1. The van der Waals surface area contributed by atoms with Crippen LogP contribution in [-0.4, -0.2) is 17.1 Å². The van der Waals surface area contributed by atoms with E-state index in [0.717, 1.165) is 25.7 Å². The molecule has 1 aliphatic rings. The van der Waals surface area contributed by atoms with Gasteiger partial charge in [-0.05, 0) is 19.8 Å². The van der Waals surface area contributed by atoms with E-state index in [0.29, 0.717) is 11.6 Å². The number of nitrogens with one attached hydrogen (secondary N) is 1. The Hall–Kier alpha value is -1.36. The van der Waals surface area contributed by atoms with E-state index in [-0.39, 0.29) is 17.9 Å². The number of aryl methyl sites for hydroxylation is 1. The molecule has 2 rings (SSSR count). The Kier molecular flexibility index (Phi) is 3.78. The second-order valence-electron chi connectivity index (χ2n) is 4.72. The first-order chi connectivity index (χ1) is 8.16. The van der Waals surface area contributed by atoms with Gasteiger partial charge in [0, 0.05) is 12.1 Å². The van der Waals surface area contributed by atoms with Crippen LogP contribution in [0.4, 0.5) is 5.82 Å². The molecule has 17 heavy (non-hydrogen) atoms. The number of carbonyl (C=O) groups excluding carboxylic acids is 1. The van der Waals surface area contributed by atoms with Crippen LogP contribution in [0.25, 0.3) is 0 Å². The Morgan fingerprint density at radius 1 is 1.47 bits per heavy atom. The third-order valence-corrected chi connectivity index (χ3v) is 3.29. The van der Waals surface area contributed by atoms with Gasteiger partial charge < -0.3 is 15.6 Å². The largest absolute Gasteiger partial charge is 0.360 e. The lowest BCUT2D eigenvalue weighted by atomic mass is 9.94. The molecule has 0 radical (unpaired) electrons. The van der Waals surface area contributed by atoms with E-state index in [2.05, 4.69) is 10.5 Å². The molecule has 1 aromatic rings. The summed E-state index contributed by atoms with van der Waals surface area (Å²) in [6.07, 6.45) is 5.15. The minimum Gasteiger partial charge on any atom is -0.360 e. The zero-order valence-corrected chi connectivity index (χ0v) is 10.1. The average molecular weight is 237 g/mol. The highest BCUT2D eigenvalue weighted by Gasteiger charge is 2.27. The molecular weight excluding hydrogens is 218 g/mol. The van der Waals surface area contributed by atoms with Crippen LogP contribution in [0.5, 0.6) is 0 Å². The van der Waals surface area contributed by atoms with Gasteiger partial charge in [0.05, 0.1) is 5.92 Å². The number of amides is 1. The number of nitrogens with two attached hydrogens (primary N) is 1. The van der Waals surface area contributed by atoms with Gasteiger partial charge in [-0.1, -0.05) is 24.4 Å². The summed E-state index contributed by atoms with van der Waals surface area (Å²) in [6, 6.07) is 1.67. The van der Waals surface area contributed by atoms with Gasteiger partial charge in [-0.25, -0.2) is 0 Å². The van der Waals surface area contributed by atoms with Crippen molar-refractivity contribution >= 4 is 11.7 Å². The predicted octanol–water partition coefficient (Wildman–Crippen LogP) is 1.83. The SMILES string of the molecule is Cc1cc(NC(=O)C2CCCCCC2N)no1. The number of aromatic nitrogens is 1. The Morgan fingerprint density at radius 3 is 2.94 bits per heavy atom. The number of hydrogen-bond donors (Lipinski definition) is 2. The van der Waals surface area contributed by atoms with Crippen molar-refractivity contribution in [3.63, 3.8) is 0 Å². The monoisotopic (exact) mass is 237 g/mol. The summed E-state index contributed by atoms with van der Waals surface area (Å²) in [7, 11) is 0. The molecule has 94 valence electrons. The van der Waals surface area contributed by atoms with Crippen molar-refractivity contribution in [2.45, 2.75) is 45.1 Å². The third kappa shape index (κ3) is 3.06. The van der Waals surface area contributed by atoms with E-state index in [4.69, 9.17) is 10.3 Å². The molecule has 5 nitrogen and oxygen atoms in total. The van der Waals surface area contributed by atoms with E-state index in [1.54, 1.807) is 13.0 Å². The maximum atomic E-state index is 12.1. The van der Waals surface area contributed by atoms with Crippen LogP contribution < -0.4 is 11.1 Å². The van der Waals surface area contributed by atoms with Gasteiger partial charge in [-0.2, -0.15) is 0 Å². The van der Waals surface area contributed by atoms with Crippen molar-refractivity contribution in [2.24, 2.45) is 11.7 Å². The lowest BCUT2D eigenvalue weighted by Gasteiger charge is -2.19. The summed E-state index contributed by atoms with van der Waals surface area (Å²) in [4.78, 5) is 12.1. The fourth-order valence-electron chi connectivity index (χ4n) is 2.31. The average Bonchev–Trinajstić information content (AvgIpc) is 2.57. The van der Waals surface area contributed by atoms with E-state index in [1.807, 2.05) is 0 Å². The van der Waals surface area contributed by atoms with Crippen molar-refractivity contribution in [1.29, 1.82) is 0 Å². The molecule has 3 N–H and O–H groups in total. The summed E-state index contributed by atoms with van der Waals surface area (Å²) < 4.78 is 4.91. The maximum absolute atomic E-state index is 12.1. The summed E-state index contributed by atoms with van der Waals surface area (Å²) >= 11 is 0. The fourth-order valence-corrected chi connectivity index (χ4v) is 2.31. The smallest absolute Gasteiger partial charge is 0.230 e. The molecule has 0 bridgehead atoms. The Morgan fingerprint density at radius 2 is 2.24 bits per heavy atom. The third-order valence-electron chi connectivity index (χ3n) is 3.29. The number of nitrogens with zero attached hydrogens (tertiary/aromatic N) is 1. The van der Waals surface area contributed by atoms with Crippen LogP contribution in [0.15, 0.2) is 10.6 Å². The van der Waals surface area contributed by atoms with Gasteiger partial charge in [-0.15, -0.1) is 0 Å². The van der Waals surface area contributed by atoms with Crippen LogP contribution in [0, 0.1) is 12.8 Å². The highest BCUT2D eigenvalue weighted by molar-refractivity contribution is 5.92. The van der Waals surface area contributed by atoms with Crippen molar-refractivity contribution in [3.8, 4) is 0 Å². The molecule has 1 aromatic heterocycles. The van der Waals surface area contributed by atoms with Crippen LogP contribution in [0.3, 0.4) is 0 Å². The normalized spacial score (nSPS) is 25.3. The summed E-state index contributed by atoms with van der Waals surface area (Å²) in [5.41, 5.74) is 6.03. The van der Waals surface area contributed by atoms with Crippen molar-refractivity contribution in [3.05, 3.63) is 11.8 Å². The second kappa shape index (κ2) is 5.31.